The van der Waals surface area contributed by atoms with Gasteiger partial charge >= 0.3 is 0 Å². The number of nitrogens with zero attached hydrogens (tertiary/aromatic N) is 2. The molecule has 0 aliphatic heterocycles. The highest BCUT2D eigenvalue weighted by Gasteiger charge is 2.27. The fourth-order valence-electron chi connectivity index (χ4n) is 6.56. The number of aryl methyl sites for hydroxylation is 1. The summed E-state index contributed by atoms with van der Waals surface area (Å²) >= 11 is 0. The minimum Gasteiger partial charge on any atom is -0.437 e. The van der Waals surface area contributed by atoms with E-state index in [4.69, 9.17) is 21.2 Å². The van der Waals surface area contributed by atoms with Crippen LogP contribution in [0.2, 0.25) is 0 Å². The second-order valence-corrected chi connectivity index (χ2v) is 12.1. The lowest BCUT2D eigenvalue weighted by Gasteiger charge is -2.32. The van der Waals surface area contributed by atoms with Crippen LogP contribution in [0, 0.1) is 18.7 Å². The number of hydrogen-bond acceptors (Lipinski definition) is 3. The van der Waals surface area contributed by atoms with E-state index in [2.05, 4.69) is 13.8 Å². The van der Waals surface area contributed by atoms with Crippen molar-refractivity contribution in [3.63, 3.8) is 0 Å². The normalized spacial score (nSPS) is 24.6. The second-order valence-electron chi connectivity index (χ2n) is 12.1. The molecule has 2 atom stereocenters. The molecule has 206 valence electrons. The van der Waals surface area contributed by atoms with Crippen molar-refractivity contribution in [3.05, 3.63) is 83.0 Å². The van der Waals surface area contributed by atoms with Gasteiger partial charge in [0.1, 0.15) is 5.58 Å². The van der Waals surface area contributed by atoms with Crippen LogP contribution in [0.1, 0.15) is 109 Å². The van der Waals surface area contributed by atoms with Crippen molar-refractivity contribution in [2.45, 2.75) is 85.3 Å². The largest absolute Gasteiger partial charge is 0.437 e. The summed E-state index contributed by atoms with van der Waals surface area (Å²) in [7, 11) is 0. The molecule has 3 nitrogen and oxygen atoms in total. The van der Waals surface area contributed by atoms with E-state index < -0.39 is 24.5 Å². The SMILES string of the molecule is [2H]C([2H])([2H])c1cc(-c2cccc3c2oc2nc(-c4c(C([2H])(C)C)cccc4C([2H])(C)C)ccc23)ncc1C1([2H])CC(C)CC(C)C1. The average Bonchev–Trinajstić information content (AvgIpc) is 3.32. The van der Waals surface area contributed by atoms with Crippen LogP contribution >= 0.6 is 0 Å². The molecule has 1 fully saturated rings. The van der Waals surface area contributed by atoms with E-state index in [9.17, 15) is 1.37 Å². The predicted molar refractivity (Wildman–Crippen MR) is 168 cm³/mol. The highest BCUT2D eigenvalue weighted by Crippen LogP contribution is 2.42. The average molecular weight is 537 g/mol. The number of benzene rings is 2. The summed E-state index contributed by atoms with van der Waals surface area (Å²) < 4.78 is 58.8. The molecule has 2 unspecified atom stereocenters. The number of furan rings is 1. The van der Waals surface area contributed by atoms with Gasteiger partial charge in [-0.2, -0.15) is 0 Å². The summed E-state index contributed by atoms with van der Waals surface area (Å²) in [5, 5.41) is 1.63. The maximum Gasteiger partial charge on any atom is 0.227 e. The molecule has 0 spiro atoms. The van der Waals surface area contributed by atoms with Gasteiger partial charge in [-0.25, -0.2) is 4.98 Å². The van der Waals surface area contributed by atoms with Gasteiger partial charge < -0.3 is 4.42 Å². The van der Waals surface area contributed by atoms with Crippen molar-refractivity contribution >= 4 is 22.1 Å². The number of hydrogen-bond donors (Lipinski definition) is 0. The Morgan fingerprint density at radius 3 is 2.25 bits per heavy atom. The molecule has 0 saturated heterocycles. The second kappa shape index (κ2) is 10.5. The number of pyridine rings is 2. The number of aromatic nitrogens is 2. The number of para-hydroxylation sites is 1. The molecule has 6 rings (SSSR count). The van der Waals surface area contributed by atoms with Crippen LogP contribution in [0.25, 0.3) is 44.6 Å². The van der Waals surface area contributed by atoms with Crippen LogP contribution < -0.4 is 0 Å². The third-order valence-corrected chi connectivity index (χ3v) is 8.32. The van der Waals surface area contributed by atoms with Gasteiger partial charge in [-0.05, 0) is 102 Å². The quantitative estimate of drug-likeness (QED) is 0.224. The molecule has 5 aromatic rings. The summed E-state index contributed by atoms with van der Waals surface area (Å²) in [4.78, 5) is 9.72. The van der Waals surface area contributed by atoms with Gasteiger partial charge in [0.15, 0.2) is 0 Å². The molecule has 3 heteroatoms. The van der Waals surface area contributed by atoms with E-state index in [0.717, 1.165) is 33.9 Å². The molecule has 3 aromatic heterocycles. The number of rotatable bonds is 5. The van der Waals surface area contributed by atoms with Gasteiger partial charge in [0.2, 0.25) is 5.71 Å². The molecule has 2 aromatic carbocycles. The first-order valence-electron chi connectivity index (χ1n) is 17.3. The zero-order valence-electron chi connectivity index (χ0n) is 30.4. The fourth-order valence-corrected chi connectivity index (χ4v) is 6.56. The monoisotopic (exact) mass is 536 g/mol. The van der Waals surface area contributed by atoms with E-state index in [-0.39, 0.29) is 5.56 Å². The van der Waals surface area contributed by atoms with E-state index in [0.29, 0.717) is 58.5 Å². The Morgan fingerprint density at radius 1 is 0.875 bits per heavy atom. The van der Waals surface area contributed by atoms with Crippen LogP contribution in [-0.2, 0) is 0 Å². The molecule has 0 radical (unpaired) electrons. The molecule has 0 amide bonds. The highest BCUT2D eigenvalue weighted by atomic mass is 16.3. The Labute approximate surface area is 247 Å². The molecule has 1 aliphatic carbocycles. The Kier molecular flexibility index (Phi) is 5.36. The molecule has 1 aliphatic rings. The van der Waals surface area contributed by atoms with Crippen LogP contribution in [0.5, 0.6) is 0 Å². The summed E-state index contributed by atoms with van der Waals surface area (Å²) in [6.45, 7) is 9.21. The van der Waals surface area contributed by atoms with Gasteiger partial charge in [-0.15, -0.1) is 0 Å². The highest BCUT2D eigenvalue weighted by molar-refractivity contribution is 6.08. The lowest BCUT2D eigenvalue weighted by molar-refractivity contribution is 0.267. The van der Waals surface area contributed by atoms with Crippen molar-refractivity contribution in [1.29, 1.82) is 0 Å². The van der Waals surface area contributed by atoms with Crippen molar-refractivity contribution < 1.29 is 12.6 Å². The molecule has 40 heavy (non-hydrogen) atoms. The molecule has 0 N–H and O–H groups in total. The molecule has 0 bridgehead atoms. The molecule has 1 saturated carbocycles. The minimum absolute atomic E-state index is 0.169. The van der Waals surface area contributed by atoms with E-state index >= 15 is 0 Å². The predicted octanol–water partition coefficient (Wildman–Crippen LogP) is 10.8. The molecular formula is C37H42N2O. The maximum atomic E-state index is 9.38. The van der Waals surface area contributed by atoms with Gasteiger partial charge in [0.05, 0.1) is 11.4 Å². The van der Waals surface area contributed by atoms with Crippen molar-refractivity contribution in [2.75, 3.05) is 0 Å². The standard InChI is InChI=1S/C37H42N2O/c1-21(2)27-10-8-11-28(22(3)4)35(27)33-15-14-30-29-12-9-13-31(36(29)40-37(30)39-33)34-19-25(7)32(20-38-34)26-17-23(5)16-24(6)18-26/h8-15,19-24,26H,16-18H2,1-7H3/i7D3,21D,22D,26D. The zero-order valence-corrected chi connectivity index (χ0v) is 24.4. The first-order valence-corrected chi connectivity index (χ1v) is 14.3. The zero-order chi connectivity index (χ0) is 33.4. The summed E-state index contributed by atoms with van der Waals surface area (Å²) in [5.74, 6) is -2.19. The maximum absolute atomic E-state index is 9.38. The molecular weight excluding hydrogens is 488 g/mol. The summed E-state index contributed by atoms with van der Waals surface area (Å²) in [5.41, 5.74) is 5.70. The number of fused-ring (bicyclic) bond motifs is 3. The Morgan fingerprint density at radius 2 is 1.57 bits per heavy atom. The first kappa shape index (κ1) is 20.4. The Balaban J connectivity index is 1.52. The van der Waals surface area contributed by atoms with Gasteiger partial charge in [0, 0.05) is 36.3 Å². The van der Waals surface area contributed by atoms with Crippen LogP contribution in [0.4, 0.5) is 0 Å². The Hall–Kier alpha value is -3.46. The van der Waals surface area contributed by atoms with Crippen molar-refractivity contribution in [1.82, 2.24) is 9.97 Å². The van der Waals surface area contributed by atoms with Crippen molar-refractivity contribution in [3.8, 4) is 22.5 Å². The molecule has 3 heterocycles. The summed E-state index contributed by atoms with van der Waals surface area (Å²) in [6.07, 6.45) is 3.85. The van der Waals surface area contributed by atoms with Crippen LogP contribution in [0.3, 0.4) is 0 Å². The first-order chi connectivity index (χ1) is 21.4. The topological polar surface area (TPSA) is 38.9 Å². The third-order valence-electron chi connectivity index (χ3n) is 8.32. The Bertz CT molecular complexity index is 1900. The van der Waals surface area contributed by atoms with E-state index in [1.54, 1.807) is 12.3 Å². The van der Waals surface area contributed by atoms with E-state index in [1.165, 1.54) is 0 Å². The lowest BCUT2D eigenvalue weighted by Crippen LogP contribution is -2.19. The lowest BCUT2D eigenvalue weighted by atomic mass is 9.73. The van der Waals surface area contributed by atoms with Gasteiger partial charge in [-0.3, -0.25) is 4.98 Å². The smallest absolute Gasteiger partial charge is 0.227 e. The van der Waals surface area contributed by atoms with Gasteiger partial charge in [-0.1, -0.05) is 71.9 Å². The van der Waals surface area contributed by atoms with Crippen LogP contribution in [0.15, 0.2) is 65.2 Å². The summed E-state index contributed by atoms with van der Waals surface area (Å²) in [6, 6.07) is 17.0. The fraction of sp³-hybridized carbons (Fsp3) is 0.405. The van der Waals surface area contributed by atoms with Gasteiger partial charge in [0.25, 0.3) is 0 Å². The van der Waals surface area contributed by atoms with Crippen LogP contribution in [-0.4, -0.2) is 9.97 Å². The third kappa shape index (κ3) is 4.74. The van der Waals surface area contributed by atoms with E-state index in [1.807, 2.05) is 76.2 Å². The van der Waals surface area contributed by atoms with Crippen molar-refractivity contribution in [2.24, 2.45) is 11.8 Å². The minimum atomic E-state index is -2.41.